The van der Waals surface area contributed by atoms with Crippen molar-refractivity contribution in [3.8, 4) is 0 Å². The lowest BCUT2D eigenvalue weighted by Crippen LogP contribution is -2.52. The Balaban J connectivity index is 1.35. The smallest absolute Gasteiger partial charge is 0.208 e. The van der Waals surface area contributed by atoms with E-state index in [1.807, 2.05) is 6.20 Å². The second-order valence-electron chi connectivity index (χ2n) is 9.59. The summed E-state index contributed by atoms with van der Waals surface area (Å²) in [6, 6.07) is 14.9. The quantitative estimate of drug-likeness (QED) is 0.627. The van der Waals surface area contributed by atoms with Crippen molar-refractivity contribution < 1.29 is 13.2 Å². The van der Waals surface area contributed by atoms with Gasteiger partial charge in [-0.25, -0.2) is 18.1 Å². The first kappa shape index (κ1) is 24.2. The van der Waals surface area contributed by atoms with Gasteiger partial charge in [-0.05, 0) is 61.6 Å². The Morgan fingerprint density at radius 3 is 2.45 bits per heavy atom. The second-order valence-corrected chi connectivity index (χ2v) is 11.4. The number of benzene rings is 1. The molecule has 0 bridgehead atoms. The molecule has 33 heavy (non-hydrogen) atoms. The Hall–Kier alpha value is -1.96. The highest BCUT2D eigenvalue weighted by atomic mass is 32.2. The monoisotopic (exact) mass is 471 g/mol. The number of hydrogen-bond donors (Lipinski definition) is 1. The number of piperidine rings is 1. The zero-order valence-electron chi connectivity index (χ0n) is 19.8. The predicted molar refractivity (Wildman–Crippen MR) is 133 cm³/mol. The summed E-state index contributed by atoms with van der Waals surface area (Å²) in [5.74, 6) is 1.67. The van der Waals surface area contributed by atoms with Gasteiger partial charge in [-0.1, -0.05) is 43.3 Å². The van der Waals surface area contributed by atoms with Crippen molar-refractivity contribution >= 4 is 15.8 Å². The van der Waals surface area contributed by atoms with E-state index in [4.69, 9.17) is 4.74 Å². The predicted octanol–water partition coefficient (Wildman–Crippen LogP) is 4.13. The van der Waals surface area contributed by atoms with Crippen LogP contribution in [0.15, 0.2) is 48.7 Å². The number of nitrogens with zero attached hydrogens (tertiary/aromatic N) is 2. The van der Waals surface area contributed by atoms with Gasteiger partial charge < -0.3 is 9.64 Å². The topological polar surface area (TPSA) is 71.5 Å². The maximum Gasteiger partial charge on any atom is 0.208 e. The Labute approximate surface area is 198 Å². The van der Waals surface area contributed by atoms with Crippen LogP contribution in [0.1, 0.15) is 56.1 Å². The fraction of sp³-hybridized carbons (Fsp3) is 0.577. The molecule has 2 heterocycles. The normalized spacial score (nSPS) is 26.3. The van der Waals surface area contributed by atoms with Crippen LogP contribution in [-0.4, -0.2) is 51.5 Å². The molecule has 7 heteroatoms. The van der Waals surface area contributed by atoms with E-state index < -0.39 is 10.0 Å². The van der Waals surface area contributed by atoms with Crippen LogP contribution in [0.25, 0.3) is 0 Å². The molecule has 1 N–H and O–H groups in total. The van der Waals surface area contributed by atoms with E-state index in [0.717, 1.165) is 57.4 Å². The number of rotatable bonds is 8. The van der Waals surface area contributed by atoms with Crippen LogP contribution < -0.4 is 9.62 Å². The maximum atomic E-state index is 12.0. The molecular formula is C26H37N3O3S. The van der Waals surface area contributed by atoms with Crippen molar-refractivity contribution in [2.24, 2.45) is 5.92 Å². The minimum Gasteiger partial charge on any atom is -0.378 e. The highest BCUT2D eigenvalue weighted by Crippen LogP contribution is 2.34. The molecule has 0 amide bonds. The number of aryl methyl sites for hydroxylation is 1. The molecule has 4 rings (SSSR count). The SMILES string of the molecule is CCc1ccc(N2CC[C@H](NS(C)(=O)=O)[C@H](COC3CCC(c4ccccc4)CC3)C2)nc1. The van der Waals surface area contributed by atoms with Crippen molar-refractivity contribution in [2.75, 3.05) is 30.9 Å². The van der Waals surface area contributed by atoms with Gasteiger partial charge in [0.2, 0.25) is 10.0 Å². The summed E-state index contributed by atoms with van der Waals surface area (Å²) in [5, 5.41) is 0. The number of aromatic nitrogens is 1. The zero-order chi connectivity index (χ0) is 23.3. The molecule has 2 atom stereocenters. The third-order valence-corrected chi connectivity index (χ3v) is 7.86. The van der Waals surface area contributed by atoms with Crippen molar-refractivity contribution in [2.45, 2.75) is 63.5 Å². The Morgan fingerprint density at radius 1 is 1.06 bits per heavy atom. The lowest BCUT2D eigenvalue weighted by molar-refractivity contribution is -0.00213. The second kappa shape index (κ2) is 11.0. The first-order chi connectivity index (χ1) is 15.9. The number of hydrogen-bond acceptors (Lipinski definition) is 5. The largest absolute Gasteiger partial charge is 0.378 e. The van der Waals surface area contributed by atoms with E-state index in [2.05, 4.69) is 64.0 Å². The number of anilines is 1. The summed E-state index contributed by atoms with van der Waals surface area (Å²) in [6.07, 6.45) is 9.55. The van der Waals surface area contributed by atoms with E-state index in [1.54, 1.807) is 0 Å². The Bertz CT molecular complexity index is 974. The molecule has 1 aliphatic heterocycles. The van der Waals surface area contributed by atoms with Crippen LogP contribution in [-0.2, 0) is 21.2 Å². The lowest BCUT2D eigenvalue weighted by Gasteiger charge is -2.40. The number of pyridine rings is 1. The first-order valence-electron chi connectivity index (χ1n) is 12.2. The van der Waals surface area contributed by atoms with E-state index >= 15 is 0 Å². The van der Waals surface area contributed by atoms with Gasteiger partial charge in [-0.15, -0.1) is 0 Å². The van der Waals surface area contributed by atoms with Gasteiger partial charge >= 0.3 is 0 Å². The van der Waals surface area contributed by atoms with Crippen LogP contribution in [0.5, 0.6) is 0 Å². The maximum absolute atomic E-state index is 12.0. The highest BCUT2D eigenvalue weighted by molar-refractivity contribution is 7.88. The minimum atomic E-state index is -3.27. The van der Waals surface area contributed by atoms with Crippen molar-refractivity contribution in [3.05, 3.63) is 59.8 Å². The first-order valence-corrected chi connectivity index (χ1v) is 14.1. The van der Waals surface area contributed by atoms with Crippen molar-refractivity contribution in [3.63, 3.8) is 0 Å². The summed E-state index contributed by atoms with van der Waals surface area (Å²) < 4.78 is 33.2. The fourth-order valence-corrected chi connectivity index (χ4v) is 6.06. The summed E-state index contributed by atoms with van der Waals surface area (Å²) in [4.78, 5) is 6.90. The van der Waals surface area contributed by atoms with Gasteiger partial charge in [0.1, 0.15) is 5.82 Å². The van der Waals surface area contributed by atoms with E-state index in [9.17, 15) is 8.42 Å². The van der Waals surface area contributed by atoms with Gasteiger partial charge in [0.15, 0.2) is 0 Å². The fourth-order valence-electron chi connectivity index (χ4n) is 5.20. The molecule has 6 nitrogen and oxygen atoms in total. The third-order valence-electron chi connectivity index (χ3n) is 7.13. The van der Waals surface area contributed by atoms with Crippen LogP contribution in [0.3, 0.4) is 0 Å². The molecule has 1 aromatic carbocycles. The molecule has 1 saturated heterocycles. The molecule has 180 valence electrons. The van der Waals surface area contributed by atoms with Gasteiger partial charge in [-0.3, -0.25) is 0 Å². The number of ether oxygens (including phenoxy) is 1. The van der Waals surface area contributed by atoms with Crippen molar-refractivity contribution in [1.29, 1.82) is 0 Å². The molecule has 1 aromatic heterocycles. The van der Waals surface area contributed by atoms with Crippen molar-refractivity contribution in [1.82, 2.24) is 9.71 Å². The van der Waals surface area contributed by atoms with Gasteiger partial charge in [0.05, 0.1) is 19.0 Å². The molecule has 2 aromatic rings. The lowest BCUT2D eigenvalue weighted by atomic mass is 9.82. The standard InChI is InChI=1S/C26H37N3O3S/c1-3-20-9-14-26(27-17-20)29-16-15-25(28-33(2,30)31)23(18-29)19-32-24-12-10-22(11-13-24)21-7-5-4-6-8-21/h4-9,14,17,22-25,28H,3,10-13,15-16,18-19H2,1-2H3/t22?,23-,24?,25-/m0/s1. The number of sulfonamides is 1. The molecule has 2 fully saturated rings. The summed E-state index contributed by atoms with van der Waals surface area (Å²) >= 11 is 0. The van der Waals surface area contributed by atoms with Crippen LogP contribution in [0.2, 0.25) is 0 Å². The number of nitrogens with one attached hydrogen (secondary N) is 1. The van der Waals surface area contributed by atoms with Crippen LogP contribution in [0, 0.1) is 5.92 Å². The molecule has 2 aliphatic rings. The molecule has 1 aliphatic carbocycles. The average molecular weight is 472 g/mol. The third kappa shape index (κ3) is 6.78. The Morgan fingerprint density at radius 2 is 1.82 bits per heavy atom. The van der Waals surface area contributed by atoms with E-state index in [1.165, 1.54) is 17.4 Å². The van der Waals surface area contributed by atoms with Gasteiger partial charge in [0.25, 0.3) is 0 Å². The summed E-state index contributed by atoms with van der Waals surface area (Å²) in [7, 11) is -3.27. The molecule has 0 spiro atoms. The highest BCUT2D eigenvalue weighted by Gasteiger charge is 2.33. The molecule has 0 unspecified atom stereocenters. The zero-order valence-corrected chi connectivity index (χ0v) is 20.6. The van der Waals surface area contributed by atoms with Crippen LogP contribution >= 0.6 is 0 Å². The average Bonchev–Trinajstić information content (AvgIpc) is 2.83. The van der Waals surface area contributed by atoms with E-state index in [0.29, 0.717) is 12.5 Å². The van der Waals surface area contributed by atoms with E-state index in [-0.39, 0.29) is 18.1 Å². The van der Waals surface area contributed by atoms with Gasteiger partial charge in [0, 0.05) is 31.2 Å². The Kier molecular flexibility index (Phi) is 8.04. The molecule has 1 saturated carbocycles. The molecule has 0 radical (unpaired) electrons. The summed E-state index contributed by atoms with van der Waals surface area (Å²) in [6.45, 7) is 4.21. The van der Waals surface area contributed by atoms with Gasteiger partial charge in [-0.2, -0.15) is 0 Å². The summed E-state index contributed by atoms with van der Waals surface area (Å²) in [5.41, 5.74) is 2.65. The van der Waals surface area contributed by atoms with Crippen LogP contribution in [0.4, 0.5) is 5.82 Å². The minimum absolute atomic E-state index is 0.0907. The molecular weight excluding hydrogens is 434 g/mol.